The fraction of sp³-hybridized carbons (Fsp3) is 0.519. The topological polar surface area (TPSA) is 72.2 Å². The van der Waals surface area contributed by atoms with Crippen molar-refractivity contribution in [2.75, 3.05) is 0 Å². The van der Waals surface area contributed by atoms with E-state index in [1.165, 1.54) is 4.88 Å². The fourth-order valence-corrected chi connectivity index (χ4v) is 6.26. The van der Waals surface area contributed by atoms with Gasteiger partial charge < -0.3 is 9.67 Å². The molecule has 1 fully saturated rings. The number of carboxylic acid groups (broad SMARTS) is 1. The standard InChI is InChI=1S/C27H34N2O3S/c1-3-20(4-2)29-23-11-10-19(15-22(23)28-25(29)16-21-9-8-14-33-21)24(30)17-27(18-26(31)32)12-6-5-7-13-27/h8-11,14-15,20H,3-7,12-13,16-18H2,1-2H3,(H,31,32). The van der Waals surface area contributed by atoms with E-state index in [2.05, 4.69) is 35.9 Å². The van der Waals surface area contributed by atoms with Gasteiger partial charge in [0.2, 0.25) is 0 Å². The maximum Gasteiger partial charge on any atom is 0.303 e. The van der Waals surface area contributed by atoms with Crippen LogP contribution in [0, 0.1) is 5.41 Å². The molecule has 0 radical (unpaired) electrons. The molecule has 0 amide bonds. The second kappa shape index (κ2) is 10.2. The summed E-state index contributed by atoms with van der Waals surface area (Å²) in [5, 5.41) is 11.6. The summed E-state index contributed by atoms with van der Waals surface area (Å²) < 4.78 is 2.36. The van der Waals surface area contributed by atoms with Crippen LogP contribution in [0.1, 0.15) is 98.7 Å². The third kappa shape index (κ3) is 5.21. The Balaban J connectivity index is 1.67. The predicted molar refractivity (Wildman–Crippen MR) is 133 cm³/mol. The zero-order valence-corrected chi connectivity index (χ0v) is 20.5. The van der Waals surface area contributed by atoms with E-state index in [0.717, 1.165) is 68.2 Å². The van der Waals surface area contributed by atoms with Gasteiger partial charge in [0.15, 0.2) is 5.78 Å². The second-order valence-electron chi connectivity index (χ2n) is 9.56. The van der Waals surface area contributed by atoms with Crippen LogP contribution in [0.3, 0.4) is 0 Å². The van der Waals surface area contributed by atoms with Crippen molar-refractivity contribution < 1.29 is 14.7 Å². The van der Waals surface area contributed by atoms with Gasteiger partial charge in [-0.2, -0.15) is 0 Å². The van der Waals surface area contributed by atoms with Gasteiger partial charge in [-0.1, -0.05) is 39.2 Å². The third-order valence-electron chi connectivity index (χ3n) is 7.28. The minimum Gasteiger partial charge on any atom is -0.481 e. The Bertz CT molecular complexity index is 1110. The first-order chi connectivity index (χ1) is 15.9. The van der Waals surface area contributed by atoms with Gasteiger partial charge in [-0.25, -0.2) is 4.98 Å². The van der Waals surface area contributed by atoms with Gasteiger partial charge in [-0.3, -0.25) is 9.59 Å². The quantitative estimate of drug-likeness (QED) is 0.325. The van der Waals surface area contributed by atoms with Gasteiger partial charge in [-0.05, 0) is 60.7 Å². The predicted octanol–water partition coefficient (Wildman–Crippen LogP) is 7.05. The summed E-state index contributed by atoms with van der Waals surface area (Å²) in [6.45, 7) is 4.41. The monoisotopic (exact) mass is 466 g/mol. The molecule has 1 N–H and O–H groups in total. The number of Topliss-reactive ketones (excluding diaryl/α,β-unsaturated/α-hetero) is 1. The van der Waals surface area contributed by atoms with Gasteiger partial charge in [-0.15, -0.1) is 11.3 Å². The van der Waals surface area contributed by atoms with E-state index in [1.54, 1.807) is 11.3 Å². The Hall–Kier alpha value is -2.47. The molecule has 0 spiro atoms. The van der Waals surface area contributed by atoms with Gasteiger partial charge in [0, 0.05) is 29.3 Å². The van der Waals surface area contributed by atoms with Crippen molar-refractivity contribution in [3.8, 4) is 0 Å². The lowest BCUT2D eigenvalue weighted by atomic mass is 9.68. The SMILES string of the molecule is CCC(CC)n1c(Cc2cccs2)nc2cc(C(=O)CC3(CC(=O)O)CCCCC3)ccc21. The summed E-state index contributed by atoms with van der Waals surface area (Å²) in [5.41, 5.74) is 2.17. The maximum absolute atomic E-state index is 13.3. The van der Waals surface area contributed by atoms with Crippen molar-refractivity contribution in [1.82, 2.24) is 9.55 Å². The molecule has 1 aliphatic rings. The number of fused-ring (bicyclic) bond motifs is 1. The van der Waals surface area contributed by atoms with Crippen molar-refractivity contribution in [3.63, 3.8) is 0 Å². The first-order valence-corrected chi connectivity index (χ1v) is 13.1. The van der Waals surface area contributed by atoms with Crippen LogP contribution in [0.2, 0.25) is 0 Å². The molecule has 3 aromatic rings. The van der Waals surface area contributed by atoms with Crippen LogP contribution in [-0.2, 0) is 11.2 Å². The van der Waals surface area contributed by atoms with Crippen LogP contribution in [0.4, 0.5) is 0 Å². The molecule has 33 heavy (non-hydrogen) atoms. The minimum absolute atomic E-state index is 0.0388. The first kappa shape index (κ1) is 23.7. The van der Waals surface area contributed by atoms with Crippen molar-refractivity contribution in [2.24, 2.45) is 5.41 Å². The van der Waals surface area contributed by atoms with E-state index in [-0.39, 0.29) is 12.2 Å². The molecule has 5 nitrogen and oxygen atoms in total. The normalized spacial score (nSPS) is 15.8. The van der Waals surface area contributed by atoms with Gasteiger partial charge in [0.05, 0.1) is 17.5 Å². The van der Waals surface area contributed by atoms with E-state index in [1.807, 2.05) is 18.2 Å². The highest BCUT2D eigenvalue weighted by atomic mass is 32.1. The molecule has 1 saturated carbocycles. The number of thiophene rings is 1. The van der Waals surface area contributed by atoms with Crippen LogP contribution in [-0.4, -0.2) is 26.4 Å². The summed E-state index contributed by atoms with van der Waals surface area (Å²) in [6.07, 6.45) is 8.00. The molecule has 2 aromatic heterocycles. The Labute approximate surface area is 199 Å². The van der Waals surface area contributed by atoms with Crippen molar-refractivity contribution in [2.45, 2.75) is 84.1 Å². The summed E-state index contributed by atoms with van der Waals surface area (Å²) in [5.74, 6) is 0.277. The average Bonchev–Trinajstić information content (AvgIpc) is 3.42. The highest BCUT2D eigenvalue weighted by molar-refractivity contribution is 7.09. The molecule has 0 bridgehead atoms. The Morgan fingerprint density at radius 1 is 1.12 bits per heavy atom. The van der Waals surface area contributed by atoms with E-state index in [0.29, 0.717) is 18.0 Å². The van der Waals surface area contributed by atoms with Crippen LogP contribution in [0.15, 0.2) is 35.7 Å². The average molecular weight is 467 g/mol. The zero-order valence-electron chi connectivity index (χ0n) is 19.7. The largest absolute Gasteiger partial charge is 0.481 e. The Kier molecular flexibility index (Phi) is 7.32. The molecule has 0 atom stereocenters. The number of nitrogens with zero attached hydrogens (tertiary/aromatic N) is 2. The Morgan fingerprint density at radius 2 is 1.88 bits per heavy atom. The van der Waals surface area contributed by atoms with Crippen LogP contribution >= 0.6 is 11.3 Å². The molecular weight excluding hydrogens is 432 g/mol. The molecule has 1 aliphatic carbocycles. The van der Waals surface area contributed by atoms with Crippen LogP contribution in [0.5, 0.6) is 0 Å². The van der Waals surface area contributed by atoms with E-state index < -0.39 is 11.4 Å². The maximum atomic E-state index is 13.3. The summed E-state index contributed by atoms with van der Waals surface area (Å²) >= 11 is 1.74. The smallest absolute Gasteiger partial charge is 0.303 e. The molecule has 4 rings (SSSR count). The van der Waals surface area contributed by atoms with Gasteiger partial charge >= 0.3 is 5.97 Å². The number of carbonyl (C=O) groups is 2. The number of hydrogen-bond donors (Lipinski definition) is 1. The van der Waals surface area contributed by atoms with Crippen molar-refractivity contribution in [3.05, 3.63) is 52.0 Å². The first-order valence-electron chi connectivity index (χ1n) is 12.2. The number of aliphatic carboxylic acids is 1. The highest BCUT2D eigenvalue weighted by Crippen LogP contribution is 2.43. The van der Waals surface area contributed by atoms with E-state index in [9.17, 15) is 14.7 Å². The Morgan fingerprint density at radius 3 is 2.52 bits per heavy atom. The van der Waals surface area contributed by atoms with Gasteiger partial charge in [0.25, 0.3) is 0 Å². The number of rotatable bonds is 10. The third-order valence-corrected chi connectivity index (χ3v) is 8.16. The molecule has 1 aromatic carbocycles. The van der Waals surface area contributed by atoms with Gasteiger partial charge in [0.1, 0.15) is 5.82 Å². The molecule has 176 valence electrons. The number of carbonyl (C=O) groups excluding carboxylic acids is 1. The highest BCUT2D eigenvalue weighted by Gasteiger charge is 2.36. The number of hydrogen-bond acceptors (Lipinski definition) is 4. The lowest BCUT2D eigenvalue weighted by Crippen LogP contribution is -2.30. The molecule has 0 unspecified atom stereocenters. The van der Waals surface area contributed by atoms with Crippen molar-refractivity contribution >= 4 is 34.1 Å². The molecule has 6 heteroatoms. The van der Waals surface area contributed by atoms with Crippen LogP contribution < -0.4 is 0 Å². The molecular formula is C27H34N2O3S. The number of imidazole rings is 1. The lowest BCUT2D eigenvalue weighted by molar-refractivity contribution is -0.140. The lowest BCUT2D eigenvalue weighted by Gasteiger charge is -2.35. The molecule has 0 aliphatic heterocycles. The number of ketones is 1. The number of carboxylic acids is 1. The summed E-state index contributed by atoms with van der Waals surface area (Å²) in [4.78, 5) is 31.1. The molecule has 0 saturated heterocycles. The number of benzene rings is 1. The fourth-order valence-electron chi connectivity index (χ4n) is 5.56. The van der Waals surface area contributed by atoms with Crippen molar-refractivity contribution in [1.29, 1.82) is 0 Å². The summed E-state index contributed by atoms with van der Waals surface area (Å²) in [6, 6.07) is 10.5. The minimum atomic E-state index is -0.803. The van der Waals surface area contributed by atoms with E-state index >= 15 is 0 Å². The second-order valence-corrected chi connectivity index (χ2v) is 10.6. The molecule has 2 heterocycles. The number of aromatic nitrogens is 2. The zero-order chi connectivity index (χ0) is 23.4. The summed E-state index contributed by atoms with van der Waals surface area (Å²) in [7, 11) is 0. The van der Waals surface area contributed by atoms with Crippen LogP contribution in [0.25, 0.3) is 11.0 Å². The van der Waals surface area contributed by atoms with E-state index in [4.69, 9.17) is 4.98 Å².